The Morgan fingerprint density at radius 3 is 2.29 bits per heavy atom. The number of anilines is 1. The summed E-state index contributed by atoms with van der Waals surface area (Å²) in [5, 5.41) is 11.8. The molecule has 0 aliphatic heterocycles. The summed E-state index contributed by atoms with van der Waals surface area (Å²) in [4.78, 5) is 29.7. The van der Waals surface area contributed by atoms with E-state index in [9.17, 15) is 18.4 Å². The van der Waals surface area contributed by atoms with Crippen LogP contribution in [-0.2, 0) is 13.1 Å². The zero-order chi connectivity index (χ0) is 24.7. The number of amides is 2. The van der Waals surface area contributed by atoms with Gasteiger partial charge in [-0.3, -0.25) is 19.0 Å². The molecule has 0 aliphatic carbocycles. The molecule has 9 nitrogen and oxygen atoms in total. The lowest BCUT2D eigenvalue weighted by molar-refractivity contribution is 0.100. The van der Waals surface area contributed by atoms with Crippen LogP contribution >= 0.6 is 11.3 Å². The largest absolute Gasteiger partial charge is 0.365 e. The van der Waals surface area contributed by atoms with E-state index >= 15 is 0 Å². The number of rotatable bonds is 7. The van der Waals surface area contributed by atoms with Crippen LogP contribution in [0, 0.1) is 13.8 Å². The number of nitrogens with two attached hydrogens (primary N) is 1. The van der Waals surface area contributed by atoms with Crippen molar-refractivity contribution in [2.75, 3.05) is 5.32 Å². The van der Waals surface area contributed by atoms with Crippen LogP contribution in [0.3, 0.4) is 0 Å². The lowest BCUT2D eigenvalue weighted by Gasteiger charge is -2.10. The summed E-state index contributed by atoms with van der Waals surface area (Å²) >= 11 is 0.860. The Kier molecular flexibility index (Phi) is 6.17. The number of hydrogen-bond acceptors (Lipinski definition) is 6. The van der Waals surface area contributed by atoms with Crippen LogP contribution in [-0.4, -0.2) is 36.4 Å². The van der Waals surface area contributed by atoms with Gasteiger partial charge in [-0.25, -0.2) is 13.8 Å². The standard InChI is InChI=1S/C22H23F2N7O2S/c1-5-30-8-13(10(3)28-30)12-7-15(19(23)24)26-22-16(12)17(18(34-22)20(25)32)27-21(33)14-9-31(6-2)29-11(14)4/h7-9,19H,5-6H2,1-4H3,(H2,25,32)(H,27,33). The van der Waals surface area contributed by atoms with Crippen LogP contribution in [0.1, 0.15) is 57.4 Å². The molecule has 4 rings (SSSR count). The third-order valence-electron chi connectivity index (χ3n) is 5.44. The molecule has 0 bridgehead atoms. The van der Waals surface area contributed by atoms with Gasteiger partial charge in [0.2, 0.25) is 0 Å². The van der Waals surface area contributed by atoms with Gasteiger partial charge in [0.15, 0.2) is 0 Å². The lowest BCUT2D eigenvalue weighted by atomic mass is 10.0. The number of pyridine rings is 1. The van der Waals surface area contributed by atoms with E-state index in [1.54, 1.807) is 35.6 Å². The second-order valence-corrected chi connectivity index (χ2v) is 8.67. The SMILES string of the molecule is CCn1cc(C(=O)Nc2c(C(N)=O)sc3nc(C(F)F)cc(-c4cn(CC)nc4C)c23)c(C)n1. The molecule has 34 heavy (non-hydrogen) atoms. The zero-order valence-electron chi connectivity index (χ0n) is 19.0. The van der Waals surface area contributed by atoms with Crippen LogP contribution in [0.15, 0.2) is 18.5 Å². The van der Waals surface area contributed by atoms with Crippen molar-refractivity contribution in [3.05, 3.63) is 46.0 Å². The van der Waals surface area contributed by atoms with Gasteiger partial charge in [0.05, 0.1) is 22.6 Å². The highest BCUT2D eigenvalue weighted by Gasteiger charge is 2.27. The first-order valence-corrected chi connectivity index (χ1v) is 11.4. The van der Waals surface area contributed by atoms with Crippen LogP contribution in [0.5, 0.6) is 0 Å². The Balaban J connectivity index is 1.97. The van der Waals surface area contributed by atoms with Gasteiger partial charge in [-0.1, -0.05) is 0 Å². The van der Waals surface area contributed by atoms with Crippen molar-refractivity contribution in [3.63, 3.8) is 0 Å². The van der Waals surface area contributed by atoms with Crippen LogP contribution < -0.4 is 11.1 Å². The number of alkyl halides is 2. The monoisotopic (exact) mass is 487 g/mol. The maximum Gasteiger partial charge on any atom is 0.280 e. The number of thiophene rings is 1. The number of nitrogens with zero attached hydrogens (tertiary/aromatic N) is 5. The highest BCUT2D eigenvalue weighted by atomic mass is 32.1. The van der Waals surface area contributed by atoms with Crippen LogP contribution in [0.2, 0.25) is 0 Å². The van der Waals surface area contributed by atoms with Crippen LogP contribution in [0.4, 0.5) is 14.5 Å². The third-order valence-corrected chi connectivity index (χ3v) is 6.54. The minimum atomic E-state index is -2.83. The lowest BCUT2D eigenvalue weighted by Crippen LogP contribution is -2.17. The molecule has 0 aliphatic rings. The molecule has 178 valence electrons. The van der Waals surface area contributed by atoms with Gasteiger partial charge >= 0.3 is 0 Å². The fraction of sp³-hybridized carbons (Fsp3) is 0.318. The number of aryl methyl sites for hydroxylation is 4. The summed E-state index contributed by atoms with van der Waals surface area (Å²) in [5.74, 6) is -1.30. The molecule has 0 saturated carbocycles. The maximum atomic E-state index is 13.7. The molecule has 0 unspecified atom stereocenters. The minimum absolute atomic E-state index is 0.0181. The molecule has 4 aromatic heterocycles. The highest BCUT2D eigenvalue weighted by Crippen LogP contribution is 2.43. The fourth-order valence-electron chi connectivity index (χ4n) is 3.76. The normalized spacial score (nSPS) is 11.5. The zero-order valence-corrected chi connectivity index (χ0v) is 19.8. The Hall–Kier alpha value is -3.67. The first-order valence-electron chi connectivity index (χ1n) is 10.6. The predicted molar refractivity (Wildman–Crippen MR) is 125 cm³/mol. The average molecular weight is 488 g/mol. The summed E-state index contributed by atoms with van der Waals surface area (Å²) in [7, 11) is 0. The van der Waals surface area contributed by atoms with Crippen LogP contribution in [0.25, 0.3) is 21.3 Å². The van der Waals surface area contributed by atoms with Crippen molar-refractivity contribution in [2.24, 2.45) is 5.73 Å². The average Bonchev–Trinajstić information content (AvgIpc) is 3.47. The minimum Gasteiger partial charge on any atom is -0.365 e. The van der Waals surface area contributed by atoms with E-state index in [0.29, 0.717) is 46.6 Å². The first-order chi connectivity index (χ1) is 16.1. The Bertz CT molecular complexity index is 1420. The van der Waals surface area contributed by atoms with Crippen molar-refractivity contribution in [2.45, 2.75) is 47.2 Å². The number of primary amides is 1. The van der Waals surface area contributed by atoms with E-state index in [0.717, 1.165) is 11.3 Å². The number of carbonyl (C=O) groups excluding carboxylic acids is 2. The quantitative estimate of drug-likeness (QED) is 0.403. The Morgan fingerprint density at radius 2 is 1.74 bits per heavy atom. The van der Waals surface area contributed by atoms with Crippen molar-refractivity contribution in [1.82, 2.24) is 24.5 Å². The Morgan fingerprint density at radius 1 is 1.09 bits per heavy atom. The van der Waals surface area contributed by atoms with E-state index in [-0.39, 0.29) is 15.4 Å². The maximum absolute atomic E-state index is 13.7. The van der Waals surface area contributed by atoms with Gasteiger partial charge in [-0.15, -0.1) is 11.3 Å². The van der Waals surface area contributed by atoms with E-state index in [2.05, 4.69) is 20.5 Å². The molecule has 2 amide bonds. The van der Waals surface area contributed by atoms with Crippen molar-refractivity contribution in [3.8, 4) is 11.1 Å². The van der Waals surface area contributed by atoms with Gasteiger partial charge in [0.1, 0.15) is 15.4 Å². The van der Waals surface area contributed by atoms with E-state index in [1.807, 2.05) is 13.8 Å². The van der Waals surface area contributed by atoms with Gasteiger partial charge in [-0.2, -0.15) is 10.2 Å². The molecule has 0 atom stereocenters. The molecular weight excluding hydrogens is 464 g/mol. The van der Waals surface area contributed by atoms with Crippen molar-refractivity contribution < 1.29 is 18.4 Å². The molecule has 0 radical (unpaired) electrons. The Labute approximate surface area is 197 Å². The van der Waals surface area contributed by atoms with Crippen molar-refractivity contribution >= 4 is 39.1 Å². The van der Waals surface area contributed by atoms with Gasteiger partial charge in [-0.05, 0) is 39.3 Å². The number of aromatic nitrogens is 5. The van der Waals surface area contributed by atoms with E-state index in [1.165, 1.54) is 6.07 Å². The highest BCUT2D eigenvalue weighted by molar-refractivity contribution is 7.21. The predicted octanol–water partition coefficient (Wildman–Crippen LogP) is 4.30. The van der Waals surface area contributed by atoms with Crippen molar-refractivity contribution in [1.29, 1.82) is 0 Å². The summed E-state index contributed by atoms with van der Waals surface area (Å²) < 4.78 is 30.7. The summed E-state index contributed by atoms with van der Waals surface area (Å²) in [6.07, 6.45) is 0.513. The number of carbonyl (C=O) groups is 2. The molecule has 3 N–H and O–H groups in total. The number of hydrogen-bond donors (Lipinski definition) is 2. The first kappa shape index (κ1) is 23.5. The number of nitrogens with one attached hydrogen (secondary N) is 1. The summed E-state index contributed by atoms with van der Waals surface area (Å²) in [6, 6.07) is 1.27. The van der Waals surface area contributed by atoms with Gasteiger partial charge < -0.3 is 11.1 Å². The van der Waals surface area contributed by atoms with Gasteiger partial charge in [0.25, 0.3) is 18.2 Å². The smallest absolute Gasteiger partial charge is 0.280 e. The molecule has 0 spiro atoms. The van der Waals surface area contributed by atoms with Gasteiger partial charge in [0, 0.05) is 36.4 Å². The van der Waals surface area contributed by atoms with E-state index in [4.69, 9.17) is 5.73 Å². The fourth-order valence-corrected chi connectivity index (χ4v) is 4.78. The molecule has 12 heteroatoms. The molecule has 0 aromatic carbocycles. The second kappa shape index (κ2) is 8.93. The topological polar surface area (TPSA) is 121 Å². The molecule has 0 saturated heterocycles. The molecule has 4 heterocycles. The second-order valence-electron chi connectivity index (χ2n) is 7.67. The molecule has 0 fully saturated rings. The third kappa shape index (κ3) is 4.04. The summed E-state index contributed by atoms with van der Waals surface area (Å²) in [5.41, 5.74) is 7.72. The molecular formula is C22H23F2N7O2S. The number of fused-ring (bicyclic) bond motifs is 1. The number of halogens is 2. The molecule has 4 aromatic rings. The summed E-state index contributed by atoms with van der Waals surface area (Å²) in [6.45, 7) is 8.42. The van der Waals surface area contributed by atoms with E-state index < -0.39 is 23.9 Å².